The maximum atomic E-state index is 13.8. The van der Waals surface area contributed by atoms with Gasteiger partial charge in [-0.25, -0.2) is 8.42 Å². The second-order valence-corrected chi connectivity index (χ2v) is 11.4. The Morgan fingerprint density at radius 3 is 2.26 bits per heavy atom. The topological polar surface area (TPSA) is 139 Å². The van der Waals surface area contributed by atoms with Crippen LogP contribution in [0.1, 0.15) is 38.3 Å². The van der Waals surface area contributed by atoms with E-state index in [1.807, 2.05) is 45.0 Å². The lowest BCUT2D eigenvalue weighted by Crippen LogP contribution is -2.52. The lowest BCUT2D eigenvalue weighted by molar-refractivity contribution is -0.384. The van der Waals surface area contributed by atoms with E-state index in [4.69, 9.17) is 4.74 Å². The second-order valence-electron chi connectivity index (χ2n) is 9.45. The quantitative estimate of drug-likeness (QED) is 0.299. The van der Waals surface area contributed by atoms with Gasteiger partial charge in [-0.05, 0) is 30.9 Å². The zero-order chi connectivity index (χ0) is 28.6. The third-order valence-electron chi connectivity index (χ3n) is 5.87. The number of nitro benzene ring substituents is 1. The van der Waals surface area contributed by atoms with Crippen molar-refractivity contribution in [3.63, 3.8) is 0 Å². The number of anilines is 1. The molecule has 0 radical (unpaired) electrons. The molecule has 208 valence electrons. The van der Waals surface area contributed by atoms with Crippen LogP contribution in [0.3, 0.4) is 0 Å². The summed E-state index contributed by atoms with van der Waals surface area (Å²) in [4.78, 5) is 38.9. The van der Waals surface area contributed by atoms with Crippen LogP contribution in [0.4, 0.5) is 11.4 Å². The number of carbonyl (C=O) groups is 2. The fourth-order valence-electron chi connectivity index (χ4n) is 3.81. The highest BCUT2D eigenvalue weighted by Gasteiger charge is 2.33. The van der Waals surface area contributed by atoms with Gasteiger partial charge in [0.05, 0.1) is 18.3 Å². The molecule has 1 unspecified atom stereocenters. The first kappa shape index (κ1) is 30.6. The van der Waals surface area contributed by atoms with Crippen LogP contribution in [0.25, 0.3) is 0 Å². The number of nitro groups is 1. The van der Waals surface area contributed by atoms with Gasteiger partial charge in [0.15, 0.2) is 0 Å². The van der Waals surface area contributed by atoms with Crippen LogP contribution in [-0.2, 0) is 26.2 Å². The van der Waals surface area contributed by atoms with Gasteiger partial charge < -0.3 is 15.0 Å². The van der Waals surface area contributed by atoms with Crippen molar-refractivity contribution >= 4 is 33.2 Å². The lowest BCUT2D eigenvalue weighted by Gasteiger charge is -2.33. The van der Waals surface area contributed by atoms with Crippen molar-refractivity contribution in [2.24, 2.45) is 5.92 Å². The molecule has 2 rings (SSSR count). The maximum Gasteiger partial charge on any atom is 0.271 e. The fourth-order valence-corrected chi connectivity index (χ4v) is 4.66. The van der Waals surface area contributed by atoms with Gasteiger partial charge in [-0.1, -0.05) is 50.6 Å². The molecule has 0 heterocycles. The molecule has 1 N–H and O–H groups in total. The number of nitrogens with one attached hydrogen (secondary N) is 1. The molecule has 0 spiro atoms. The standard InChI is InChI=1S/C26H36N4O7S/c1-7-22(26(32)27-15-18(2)3)28(16-20-10-8-19(4)9-11-20)25(31)17-29(38(6,35)36)23-14-21(30(33)34)12-13-24(23)37-5/h8-14,18,22H,7,15-17H2,1-6H3,(H,27,32). The monoisotopic (exact) mass is 548 g/mol. The summed E-state index contributed by atoms with van der Waals surface area (Å²) in [5.41, 5.74) is 1.27. The van der Waals surface area contributed by atoms with Crippen molar-refractivity contribution in [2.75, 3.05) is 30.8 Å². The van der Waals surface area contributed by atoms with Gasteiger partial charge in [0.25, 0.3) is 5.69 Å². The smallest absolute Gasteiger partial charge is 0.271 e. The van der Waals surface area contributed by atoms with Crippen molar-refractivity contribution in [3.05, 3.63) is 63.7 Å². The molecular weight excluding hydrogens is 512 g/mol. The van der Waals surface area contributed by atoms with Gasteiger partial charge in [0, 0.05) is 25.2 Å². The van der Waals surface area contributed by atoms with E-state index >= 15 is 0 Å². The van der Waals surface area contributed by atoms with Gasteiger partial charge >= 0.3 is 0 Å². The van der Waals surface area contributed by atoms with E-state index in [1.165, 1.54) is 24.1 Å². The molecule has 0 bridgehead atoms. The minimum absolute atomic E-state index is 0.0422. The molecule has 0 aliphatic carbocycles. The fraction of sp³-hybridized carbons (Fsp3) is 0.462. The second kappa shape index (κ2) is 13.2. The molecule has 38 heavy (non-hydrogen) atoms. The largest absolute Gasteiger partial charge is 0.495 e. The molecule has 0 fully saturated rings. The normalized spacial score (nSPS) is 12.1. The molecular formula is C26H36N4O7S. The van der Waals surface area contributed by atoms with E-state index in [0.717, 1.165) is 27.8 Å². The summed E-state index contributed by atoms with van der Waals surface area (Å²) in [5.74, 6) is -0.753. The van der Waals surface area contributed by atoms with Crippen molar-refractivity contribution in [2.45, 2.75) is 46.7 Å². The highest BCUT2D eigenvalue weighted by atomic mass is 32.2. The number of ether oxygens (including phenoxy) is 1. The zero-order valence-electron chi connectivity index (χ0n) is 22.6. The van der Waals surface area contributed by atoms with Crippen LogP contribution in [0.15, 0.2) is 42.5 Å². The first-order valence-electron chi connectivity index (χ1n) is 12.2. The number of carbonyl (C=O) groups excluding carboxylic acids is 2. The van der Waals surface area contributed by atoms with Gasteiger partial charge in [-0.3, -0.25) is 24.0 Å². The predicted molar refractivity (Wildman–Crippen MR) is 145 cm³/mol. The summed E-state index contributed by atoms with van der Waals surface area (Å²) in [6, 6.07) is 10.1. The Balaban J connectivity index is 2.53. The number of aryl methyl sites for hydroxylation is 1. The van der Waals surface area contributed by atoms with E-state index in [9.17, 15) is 28.1 Å². The number of sulfonamides is 1. The van der Waals surface area contributed by atoms with Crippen LogP contribution in [0, 0.1) is 23.0 Å². The van der Waals surface area contributed by atoms with Crippen LogP contribution in [0.2, 0.25) is 0 Å². The maximum absolute atomic E-state index is 13.8. The summed E-state index contributed by atoms with van der Waals surface area (Å²) in [6.07, 6.45) is 1.19. The van der Waals surface area contributed by atoms with Crippen LogP contribution in [-0.4, -0.2) is 62.6 Å². The van der Waals surface area contributed by atoms with Gasteiger partial charge in [-0.15, -0.1) is 0 Å². The number of hydrogen-bond acceptors (Lipinski definition) is 7. The molecule has 2 amide bonds. The molecule has 0 aliphatic rings. The molecule has 0 aliphatic heterocycles. The molecule has 12 heteroatoms. The SMILES string of the molecule is CCC(C(=O)NCC(C)C)N(Cc1ccc(C)cc1)C(=O)CN(c1cc([N+](=O)[O-])ccc1OC)S(C)(=O)=O. The Morgan fingerprint density at radius 1 is 1.13 bits per heavy atom. The Hall–Kier alpha value is -3.67. The van der Waals surface area contributed by atoms with Crippen LogP contribution < -0.4 is 14.4 Å². The van der Waals surface area contributed by atoms with E-state index in [1.54, 1.807) is 6.92 Å². The average Bonchev–Trinajstić information content (AvgIpc) is 2.85. The third-order valence-corrected chi connectivity index (χ3v) is 6.99. The Labute approximate surface area is 224 Å². The van der Waals surface area contributed by atoms with Gasteiger partial charge in [-0.2, -0.15) is 0 Å². The van der Waals surface area contributed by atoms with Gasteiger partial charge in [0.1, 0.15) is 24.0 Å². The first-order valence-corrected chi connectivity index (χ1v) is 14.1. The molecule has 1 atom stereocenters. The lowest BCUT2D eigenvalue weighted by atomic mass is 10.1. The summed E-state index contributed by atoms with van der Waals surface area (Å²) in [7, 11) is -2.80. The minimum Gasteiger partial charge on any atom is -0.495 e. The van der Waals surface area contributed by atoms with E-state index in [-0.39, 0.29) is 35.5 Å². The van der Waals surface area contributed by atoms with Crippen molar-refractivity contribution in [3.8, 4) is 5.75 Å². The first-order chi connectivity index (χ1) is 17.8. The number of nitrogens with zero attached hydrogens (tertiary/aromatic N) is 3. The van der Waals surface area contributed by atoms with E-state index < -0.39 is 33.4 Å². The Morgan fingerprint density at radius 2 is 1.76 bits per heavy atom. The van der Waals surface area contributed by atoms with E-state index in [0.29, 0.717) is 13.0 Å². The van der Waals surface area contributed by atoms with Crippen molar-refractivity contribution in [1.29, 1.82) is 0 Å². The highest BCUT2D eigenvalue weighted by molar-refractivity contribution is 7.92. The Kier molecular flexibility index (Phi) is 10.6. The molecule has 0 aromatic heterocycles. The van der Waals surface area contributed by atoms with E-state index in [2.05, 4.69) is 5.32 Å². The summed E-state index contributed by atoms with van der Waals surface area (Å²) in [6.45, 7) is 7.40. The Bertz CT molecular complexity index is 1250. The van der Waals surface area contributed by atoms with Gasteiger partial charge in [0.2, 0.25) is 21.8 Å². The molecule has 2 aromatic carbocycles. The number of benzene rings is 2. The predicted octanol–water partition coefficient (Wildman–Crippen LogP) is 3.26. The van der Waals surface area contributed by atoms with Crippen LogP contribution in [0.5, 0.6) is 5.75 Å². The third kappa shape index (κ3) is 8.17. The number of methoxy groups -OCH3 is 1. The highest BCUT2D eigenvalue weighted by Crippen LogP contribution is 2.34. The number of non-ortho nitro benzene ring substituents is 1. The molecule has 0 saturated carbocycles. The minimum atomic E-state index is -4.09. The zero-order valence-corrected chi connectivity index (χ0v) is 23.4. The van der Waals surface area contributed by atoms with Crippen molar-refractivity contribution in [1.82, 2.24) is 10.2 Å². The number of rotatable bonds is 13. The summed E-state index contributed by atoms with van der Waals surface area (Å²) in [5, 5.41) is 14.2. The number of amides is 2. The molecule has 11 nitrogen and oxygen atoms in total. The average molecular weight is 549 g/mol. The van der Waals surface area contributed by atoms with Crippen molar-refractivity contribution < 1.29 is 27.7 Å². The summed E-state index contributed by atoms with van der Waals surface area (Å²) >= 11 is 0. The molecule has 0 saturated heterocycles. The molecule has 2 aromatic rings. The number of hydrogen-bond donors (Lipinski definition) is 1. The van der Waals surface area contributed by atoms with Crippen LogP contribution >= 0.6 is 0 Å². The summed E-state index contributed by atoms with van der Waals surface area (Å²) < 4.78 is 31.7.